The molecule has 0 N–H and O–H groups in total. The summed E-state index contributed by atoms with van der Waals surface area (Å²) in [6.45, 7) is 11.6. The third kappa shape index (κ3) is 5.97. The van der Waals surface area contributed by atoms with Gasteiger partial charge < -0.3 is 19.1 Å². The van der Waals surface area contributed by atoms with Crippen molar-refractivity contribution < 1.29 is 19.0 Å². The van der Waals surface area contributed by atoms with Crippen molar-refractivity contribution in [3.05, 3.63) is 35.5 Å². The van der Waals surface area contributed by atoms with Gasteiger partial charge in [0, 0.05) is 67.4 Å². The first kappa shape index (κ1) is 25.5. The first-order chi connectivity index (χ1) is 16.8. The molecular weight excluding hydrogens is 464 g/mol. The van der Waals surface area contributed by atoms with Gasteiger partial charge in [-0.25, -0.2) is 4.98 Å². The van der Waals surface area contributed by atoms with E-state index >= 15 is 0 Å². The predicted octanol–water partition coefficient (Wildman–Crippen LogP) is 3.83. The van der Waals surface area contributed by atoms with Crippen molar-refractivity contribution in [1.29, 1.82) is 0 Å². The van der Waals surface area contributed by atoms with Crippen LogP contribution in [0.25, 0.3) is 16.2 Å². The highest BCUT2D eigenvalue weighted by molar-refractivity contribution is 7.15. The van der Waals surface area contributed by atoms with Crippen LogP contribution in [0.2, 0.25) is 0 Å². The number of hydrogen-bond donors (Lipinski definition) is 0. The second kappa shape index (κ2) is 11.0. The summed E-state index contributed by atoms with van der Waals surface area (Å²) in [5.41, 5.74) is 2.45. The van der Waals surface area contributed by atoms with Crippen LogP contribution in [0.3, 0.4) is 0 Å². The Hall–Kier alpha value is -2.62. The van der Waals surface area contributed by atoms with Gasteiger partial charge in [0.25, 0.3) is 0 Å². The van der Waals surface area contributed by atoms with Crippen LogP contribution in [0, 0.1) is 5.41 Å². The van der Waals surface area contributed by atoms with Crippen molar-refractivity contribution in [1.82, 2.24) is 19.2 Å². The van der Waals surface area contributed by atoms with Gasteiger partial charge in [-0.3, -0.25) is 14.1 Å². The van der Waals surface area contributed by atoms with E-state index in [4.69, 9.17) is 19.2 Å². The number of rotatable bonds is 9. The summed E-state index contributed by atoms with van der Waals surface area (Å²) in [5.74, 6) is 1.70. The van der Waals surface area contributed by atoms with E-state index in [1.54, 1.807) is 25.6 Å². The molecule has 190 valence electrons. The molecule has 2 aromatic heterocycles. The summed E-state index contributed by atoms with van der Waals surface area (Å²) in [7, 11) is 3.31. The van der Waals surface area contributed by atoms with Crippen molar-refractivity contribution in [3.8, 4) is 22.8 Å². The molecule has 1 saturated heterocycles. The van der Waals surface area contributed by atoms with Gasteiger partial charge in [0.2, 0.25) is 5.91 Å². The molecule has 1 fully saturated rings. The molecule has 9 heteroatoms. The van der Waals surface area contributed by atoms with Crippen molar-refractivity contribution in [2.45, 2.75) is 27.2 Å². The fourth-order valence-corrected chi connectivity index (χ4v) is 5.19. The van der Waals surface area contributed by atoms with Gasteiger partial charge in [-0.15, -0.1) is 11.3 Å². The third-order valence-electron chi connectivity index (χ3n) is 6.32. The van der Waals surface area contributed by atoms with Gasteiger partial charge in [0.15, 0.2) is 4.96 Å². The maximum atomic E-state index is 13.2. The zero-order valence-corrected chi connectivity index (χ0v) is 22.2. The number of methoxy groups -OCH3 is 2. The van der Waals surface area contributed by atoms with Crippen LogP contribution >= 0.6 is 11.3 Å². The lowest BCUT2D eigenvalue weighted by Gasteiger charge is -2.33. The average Bonchev–Trinajstić information content (AvgIpc) is 3.45. The number of morpholine rings is 1. The lowest BCUT2D eigenvalue weighted by Crippen LogP contribution is -2.46. The normalized spacial score (nSPS) is 14.9. The molecule has 0 unspecified atom stereocenters. The minimum absolute atomic E-state index is 0.185. The molecule has 3 heterocycles. The van der Waals surface area contributed by atoms with E-state index in [9.17, 15) is 4.79 Å². The molecule has 0 radical (unpaired) electrons. The van der Waals surface area contributed by atoms with Gasteiger partial charge >= 0.3 is 0 Å². The number of nitrogens with zero attached hydrogens (tertiary/aromatic N) is 4. The fourth-order valence-electron chi connectivity index (χ4n) is 4.28. The molecule has 1 amide bonds. The van der Waals surface area contributed by atoms with E-state index in [2.05, 4.69) is 14.7 Å². The largest absolute Gasteiger partial charge is 0.497 e. The standard InChI is InChI=1S/C26H36N4O4S/c1-26(2,3)24(31)29(11-10-28-12-14-34-15-13-28)9-8-19-18-35-25-27-22(17-30(19)25)21-16-20(32-4)6-7-23(21)33-5/h6-7,16-18H,8-15H2,1-5H3. The van der Waals surface area contributed by atoms with Crippen LogP contribution in [0.15, 0.2) is 29.8 Å². The number of benzene rings is 1. The molecule has 8 nitrogen and oxygen atoms in total. The summed E-state index contributed by atoms with van der Waals surface area (Å²) in [6, 6.07) is 5.72. The summed E-state index contributed by atoms with van der Waals surface area (Å²) in [5, 5.41) is 2.14. The molecule has 1 aromatic carbocycles. The number of amides is 1. The van der Waals surface area contributed by atoms with Crippen LogP contribution in [0.1, 0.15) is 26.5 Å². The first-order valence-electron chi connectivity index (χ1n) is 12.1. The van der Waals surface area contributed by atoms with E-state index in [0.29, 0.717) is 6.54 Å². The smallest absolute Gasteiger partial charge is 0.228 e. The van der Waals surface area contributed by atoms with E-state index in [1.807, 2.05) is 50.1 Å². The minimum atomic E-state index is -0.417. The van der Waals surface area contributed by atoms with Gasteiger partial charge in [0.1, 0.15) is 11.5 Å². The fraction of sp³-hybridized carbons (Fsp3) is 0.538. The van der Waals surface area contributed by atoms with Crippen molar-refractivity contribution in [2.75, 3.05) is 60.2 Å². The summed E-state index contributed by atoms with van der Waals surface area (Å²) in [4.78, 5) is 23.4. The van der Waals surface area contributed by atoms with Gasteiger partial charge in [-0.05, 0) is 18.2 Å². The Balaban J connectivity index is 1.51. The first-order valence-corrected chi connectivity index (χ1v) is 13.0. The van der Waals surface area contributed by atoms with Crippen molar-refractivity contribution in [3.63, 3.8) is 0 Å². The van der Waals surface area contributed by atoms with E-state index in [0.717, 1.165) is 79.2 Å². The lowest BCUT2D eigenvalue weighted by atomic mass is 9.94. The molecule has 1 aliphatic heterocycles. The molecule has 0 atom stereocenters. The van der Waals surface area contributed by atoms with Gasteiger partial charge in [-0.1, -0.05) is 20.8 Å². The van der Waals surface area contributed by atoms with Crippen LogP contribution in [0.4, 0.5) is 0 Å². The highest BCUT2D eigenvalue weighted by Gasteiger charge is 2.28. The summed E-state index contributed by atoms with van der Waals surface area (Å²) < 4.78 is 18.5. The molecule has 1 aliphatic rings. The number of imidazole rings is 1. The average molecular weight is 501 g/mol. The Morgan fingerprint density at radius 1 is 1.17 bits per heavy atom. The van der Waals surface area contributed by atoms with Crippen LogP contribution in [-0.2, 0) is 16.0 Å². The number of carbonyl (C=O) groups excluding carboxylic acids is 1. The SMILES string of the molecule is COc1ccc(OC)c(-c2cn3c(CCN(CCN4CCOCC4)C(=O)C(C)(C)C)csc3n2)c1. The van der Waals surface area contributed by atoms with Crippen LogP contribution < -0.4 is 9.47 Å². The summed E-state index contributed by atoms with van der Waals surface area (Å²) >= 11 is 1.61. The highest BCUT2D eigenvalue weighted by Crippen LogP contribution is 2.34. The number of hydrogen-bond acceptors (Lipinski definition) is 7. The maximum Gasteiger partial charge on any atom is 0.228 e. The molecule has 0 spiro atoms. The second-order valence-corrected chi connectivity index (χ2v) is 10.7. The third-order valence-corrected chi connectivity index (χ3v) is 7.21. The number of aromatic nitrogens is 2. The van der Waals surface area contributed by atoms with E-state index in [1.165, 1.54) is 0 Å². The monoisotopic (exact) mass is 500 g/mol. The molecule has 4 rings (SSSR count). The van der Waals surface area contributed by atoms with Crippen molar-refractivity contribution >= 4 is 22.2 Å². The predicted molar refractivity (Wildman–Crippen MR) is 139 cm³/mol. The van der Waals surface area contributed by atoms with Crippen LogP contribution in [-0.4, -0.2) is 85.2 Å². The molecule has 0 aliphatic carbocycles. The lowest BCUT2D eigenvalue weighted by molar-refractivity contribution is -0.139. The van der Waals surface area contributed by atoms with Crippen LogP contribution in [0.5, 0.6) is 11.5 Å². The van der Waals surface area contributed by atoms with Crippen molar-refractivity contribution in [2.24, 2.45) is 5.41 Å². The number of fused-ring (bicyclic) bond motifs is 1. The van der Waals surface area contributed by atoms with E-state index < -0.39 is 5.41 Å². The minimum Gasteiger partial charge on any atom is -0.497 e. The zero-order valence-electron chi connectivity index (χ0n) is 21.4. The summed E-state index contributed by atoms with van der Waals surface area (Å²) in [6.07, 6.45) is 2.80. The van der Waals surface area contributed by atoms with Gasteiger partial charge in [0.05, 0.1) is 33.1 Å². The van der Waals surface area contributed by atoms with Gasteiger partial charge in [-0.2, -0.15) is 0 Å². The molecule has 0 bridgehead atoms. The Morgan fingerprint density at radius 2 is 1.94 bits per heavy atom. The Bertz CT molecular complexity index is 1140. The number of ether oxygens (including phenoxy) is 3. The van der Waals surface area contributed by atoms with E-state index in [-0.39, 0.29) is 5.91 Å². The highest BCUT2D eigenvalue weighted by atomic mass is 32.1. The number of carbonyl (C=O) groups is 1. The second-order valence-electron chi connectivity index (χ2n) is 9.82. The topological polar surface area (TPSA) is 68.5 Å². The number of thiazole rings is 1. The molecule has 0 saturated carbocycles. The Morgan fingerprint density at radius 3 is 2.63 bits per heavy atom. The Labute approximate surface area is 211 Å². The zero-order chi connectivity index (χ0) is 25.0. The molecule has 35 heavy (non-hydrogen) atoms. The molecular formula is C26H36N4O4S. The quantitative estimate of drug-likeness (QED) is 0.445. The Kier molecular flexibility index (Phi) is 7.98. The maximum absolute atomic E-state index is 13.2. The molecule has 3 aromatic rings.